The number of nitrogens with one attached hydrogen (secondary N) is 3. The Hall–Kier alpha value is -6.35. The number of nitrogens with zero attached hydrogens (tertiary/aromatic N) is 4. The number of rotatable bonds is 7. The van der Waals surface area contributed by atoms with Crippen molar-refractivity contribution in [1.82, 2.24) is 35.1 Å². The fourth-order valence-electron chi connectivity index (χ4n) is 9.81. The predicted molar refractivity (Wildman–Crippen MR) is 214 cm³/mol. The summed E-state index contributed by atoms with van der Waals surface area (Å²) in [4.78, 5) is 59.1. The lowest BCUT2D eigenvalue weighted by Gasteiger charge is -2.31. The fourth-order valence-corrected chi connectivity index (χ4v) is 9.81. The van der Waals surface area contributed by atoms with Crippen molar-refractivity contribution in [1.29, 1.82) is 0 Å². The fraction of sp³-hybridized carbons (Fsp3) is 0.356. The van der Waals surface area contributed by atoms with E-state index in [1.807, 2.05) is 73.3 Å². The van der Waals surface area contributed by atoms with E-state index in [0.29, 0.717) is 24.1 Å². The first-order chi connectivity index (χ1) is 27.6. The van der Waals surface area contributed by atoms with E-state index in [2.05, 4.69) is 51.4 Å². The molecular formula is C45H43N7O5. The summed E-state index contributed by atoms with van der Waals surface area (Å²) < 4.78 is 4.80. The van der Waals surface area contributed by atoms with Crippen molar-refractivity contribution >= 4 is 50.9 Å². The number of likely N-dealkylation sites (tertiary alicyclic amines) is 2. The summed E-state index contributed by atoms with van der Waals surface area (Å²) in [7, 11) is 1.30. The smallest absolute Gasteiger partial charge is 0.408 e. The number of aromatic nitrogens is 4. The summed E-state index contributed by atoms with van der Waals surface area (Å²) in [6.07, 6.45) is 2.64. The molecule has 4 fully saturated rings. The minimum absolute atomic E-state index is 0.105. The summed E-state index contributed by atoms with van der Waals surface area (Å²) in [5.74, 6) is 8.61. The van der Waals surface area contributed by atoms with Gasteiger partial charge in [0.05, 0.1) is 46.8 Å². The second kappa shape index (κ2) is 13.1. The van der Waals surface area contributed by atoms with E-state index in [9.17, 15) is 19.5 Å². The Balaban J connectivity index is 0.880. The van der Waals surface area contributed by atoms with Crippen molar-refractivity contribution in [3.63, 3.8) is 0 Å². The van der Waals surface area contributed by atoms with E-state index < -0.39 is 18.2 Å². The number of amides is 3. The lowest BCUT2D eigenvalue weighted by Crippen LogP contribution is -2.52. The number of carbonyl (C=O) groups is 3. The van der Waals surface area contributed by atoms with Crippen LogP contribution in [0.4, 0.5) is 9.59 Å². The van der Waals surface area contributed by atoms with Gasteiger partial charge in [-0.15, -0.1) is 0 Å². The van der Waals surface area contributed by atoms with Crippen LogP contribution in [0.2, 0.25) is 0 Å². The lowest BCUT2D eigenvalue weighted by atomic mass is 10.0. The molecule has 2 aliphatic heterocycles. The molecule has 4 N–H and O–H groups in total. The zero-order valence-electron chi connectivity index (χ0n) is 32.0. The zero-order valence-corrected chi connectivity index (χ0v) is 32.0. The van der Waals surface area contributed by atoms with Crippen LogP contribution in [0.5, 0.6) is 0 Å². The maximum Gasteiger partial charge on any atom is 0.408 e. The Morgan fingerprint density at radius 1 is 0.912 bits per heavy atom. The topological polar surface area (TPSA) is 157 Å². The Morgan fingerprint density at radius 3 is 2.44 bits per heavy atom. The van der Waals surface area contributed by atoms with E-state index in [1.165, 1.54) is 7.11 Å². The van der Waals surface area contributed by atoms with Gasteiger partial charge in [-0.1, -0.05) is 68.2 Å². The number of methoxy groups -OCH3 is 1. The Morgan fingerprint density at radius 2 is 1.67 bits per heavy atom. The first-order valence-corrected chi connectivity index (χ1v) is 19.8. The number of carboxylic acid groups (broad SMARTS) is 1. The van der Waals surface area contributed by atoms with Gasteiger partial charge in [0.1, 0.15) is 17.7 Å². The van der Waals surface area contributed by atoms with Crippen LogP contribution < -0.4 is 5.32 Å². The number of ether oxygens (including phenoxy) is 1. The number of aromatic amines is 2. The highest BCUT2D eigenvalue weighted by atomic mass is 16.5. The number of hydrogen-bond acceptors (Lipinski definition) is 6. The van der Waals surface area contributed by atoms with Crippen LogP contribution in [0.1, 0.15) is 80.0 Å². The third kappa shape index (κ3) is 5.95. The molecule has 0 unspecified atom stereocenters. The molecule has 0 radical (unpaired) electrons. The zero-order chi connectivity index (χ0) is 39.2. The molecule has 12 nitrogen and oxygen atoms in total. The Kier molecular flexibility index (Phi) is 8.08. The van der Waals surface area contributed by atoms with Crippen LogP contribution in [0, 0.1) is 29.6 Å². The molecule has 4 heterocycles. The largest absolute Gasteiger partial charge is 0.465 e. The summed E-state index contributed by atoms with van der Waals surface area (Å²) >= 11 is 0. The molecule has 2 aromatic heterocycles. The molecule has 4 aromatic carbocycles. The van der Waals surface area contributed by atoms with E-state index in [4.69, 9.17) is 14.7 Å². The van der Waals surface area contributed by atoms with Gasteiger partial charge in [0, 0.05) is 22.6 Å². The van der Waals surface area contributed by atoms with Gasteiger partial charge in [-0.3, -0.25) is 9.69 Å². The maximum atomic E-state index is 13.8. The number of carbonyl (C=O) groups excluding carboxylic acids is 2. The minimum Gasteiger partial charge on any atom is -0.465 e. The van der Waals surface area contributed by atoms with Gasteiger partial charge in [-0.05, 0) is 97.2 Å². The van der Waals surface area contributed by atoms with Crippen molar-refractivity contribution in [2.45, 2.75) is 75.7 Å². The van der Waals surface area contributed by atoms with Crippen LogP contribution in [0.15, 0.2) is 78.9 Å². The van der Waals surface area contributed by atoms with Crippen LogP contribution >= 0.6 is 0 Å². The van der Waals surface area contributed by atoms with Crippen LogP contribution in [-0.2, 0) is 16.0 Å². The van der Waals surface area contributed by atoms with Crippen molar-refractivity contribution in [2.75, 3.05) is 7.11 Å². The summed E-state index contributed by atoms with van der Waals surface area (Å²) in [5.41, 5.74) is 5.81. The molecular weight excluding hydrogens is 719 g/mol. The molecule has 2 saturated heterocycles. The highest BCUT2D eigenvalue weighted by molar-refractivity contribution is 6.04. The van der Waals surface area contributed by atoms with Gasteiger partial charge >= 0.3 is 12.2 Å². The van der Waals surface area contributed by atoms with E-state index >= 15 is 0 Å². The van der Waals surface area contributed by atoms with Crippen LogP contribution in [0.3, 0.4) is 0 Å². The monoisotopic (exact) mass is 761 g/mol. The number of H-pyrrole nitrogens is 2. The maximum absolute atomic E-state index is 13.8. The number of benzene rings is 4. The molecule has 57 heavy (non-hydrogen) atoms. The molecule has 0 spiro atoms. The first kappa shape index (κ1) is 35.1. The average molecular weight is 762 g/mol. The summed E-state index contributed by atoms with van der Waals surface area (Å²) in [6, 6.07) is 25.2. The van der Waals surface area contributed by atoms with Gasteiger partial charge in [-0.25, -0.2) is 19.6 Å². The van der Waals surface area contributed by atoms with Crippen molar-refractivity contribution < 1.29 is 24.2 Å². The summed E-state index contributed by atoms with van der Waals surface area (Å²) in [6.45, 7) is 3.84. The Bertz CT molecular complexity index is 2680. The van der Waals surface area contributed by atoms with E-state index in [0.717, 1.165) is 81.0 Å². The number of hydrogen-bond donors (Lipinski definition) is 4. The van der Waals surface area contributed by atoms with Gasteiger partial charge in [0.25, 0.3) is 0 Å². The molecule has 288 valence electrons. The van der Waals surface area contributed by atoms with Crippen LogP contribution in [-0.4, -0.2) is 77.7 Å². The number of imidazole rings is 2. The number of fused-ring (bicyclic) bond motifs is 6. The normalized spacial score (nSPS) is 24.9. The molecule has 6 aromatic rings. The van der Waals surface area contributed by atoms with Crippen LogP contribution in [0.25, 0.3) is 32.8 Å². The van der Waals surface area contributed by atoms with Gasteiger partial charge < -0.3 is 30.0 Å². The lowest BCUT2D eigenvalue weighted by molar-refractivity contribution is -0.136. The summed E-state index contributed by atoms with van der Waals surface area (Å²) in [5, 5.41) is 15.2. The second-order valence-electron chi connectivity index (χ2n) is 16.6. The third-order valence-corrected chi connectivity index (χ3v) is 12.8. The predicted octanol–water partition coefficient (Wildman–Crippen LogP) is 7.46. The minimum atomic E-state index is -0.897. The quantitative estimate of drug-likeness (QED) is 0.123. The standard InChI is InChI=1S/C45H43N7O5/c1-24(2)38(50-43(54)57-3)42(53)51-35-19-29(35)20-36(51)40-46-32-15-12-26(18-34(32)48-40)10-9-25-11-14-31-28(17-25)13-16-33-39(31)49-41(47-33)37-21-30-23-45(30,52(37)44(55)56)22-27-7-5-4-6-8-27/h4-8,11-18,24,29-30,35-38H,19-23H2,1-3H3,(H,46,48)(H,47,49)(H,50,54)(H,55,56)/t29-,30-,35-,36+,37+,38+,45+/m1/s1. The third-order valence-electron chi connectivity index (χ3n) is 12.8. The second-order valence-corrected chi connectivity index (χ2v) is 16.6. The van der Waals surface area contributed by atoms with E-state index in [-0.39, 0.29) is 35.5 Å². The molecule has 0 bridgehead atoms. The van der Waals surface area contributed by atoms with Crippen molar-refractivity contribution in [3.8, 4) is 11.8 Å². The molecule has 12 heteroatoms. The molecule has 2 saturated carbocycles. The SMILES string of the molecule is COC(=O)N[C@H](C(=O)N1[C@@H]2C[C@@H]2C[C@H]1c1nc2cc(C#Cc3ccc4c(ccc5nc([C@@H]6C[C@@H]7C[C@]7(Cc7ccccc7)N6C(=O)O)[nH]c54)c3)ccc2[nH]1)C(C)C. The average Bonchev–Trinajstić information content (AvgIpc) is 3.79. The molecule has 2 aliphatic carbocycles. The molecule has 3 amide bonds. The van der Waals surface area contributed by atoms with Crippen molar-refractivity contribution in [3.05, 3.63) is 107 Å². The Labute approximate surface area is 329 Å². The first-order valence-electron chi connectivity index (χ1n) is 19.8. The van der Waals surface area contributed by atoms with Gasteiger partial charge in [-0.2, -0.15) is 0 Å². The molecule has 7 atom stereocenters. The number of alkyl carbamates (subject to hydrolysis) is 1. The van der Waals surface area contributed by atoms with Crippen molar-refractivity contribution in [2.24, 2.45) is 17.8 Å². The van der Waals surface area contributed by atoms with E-state index in [1.54, 1.807) is 4.90 Å². The van der Waals surface area contributed by atoms with Gasteiger partial charge in [0.15, 0.2) is 0 Å². The molecule has 10 rings (SSSR count). The highest BCUT2D eigenvalue weighted by Gasteiger charge is 2.67. The highest BCUT2D eigenvalue weighted by Crippen LogP contribution is 2.63. The van der Waals surface area contributed by atoms with Gasteiger partial charge in [0.2, 0.25) is 5.91 Å². The number of piperidine rings is 2. The molecule has 4 aliphatic rings.